The second-order valence-electron chi connectivity index (χ2n) is 3.77. The second kappa shape index (κ2) is 5.74. The molecule has 0 fully saturated rings. The number of aromatic carboxylic acids is 1. The van der Waals surface area contributed by atoms with Gasteiger partial charge in [-0.2, -0.15) is 0 Å². The minimum Gasteiger partial charge on any atom is -0.476 e. The highest BCUT2D eigenvalue weighted by atomic mass is 32.1. The number of nitrogens with zero attached hydrogens (tertiary/aromatic N) is 1. The highest BCUT2D eigenvalue weighted by molar-refractivity contribution is 7.09. The van der Waals surface area contributed by atoms with Crippen molar-refractivity contribution in [2.75, 3.05) is 0 Å². The number of rotatable bonds is 4. The molecule has 0 aliphatic heterocycles. The van der Waals surface area contributed by atoms with E-state index in [4.69, 9.17) is 5.11 Å². The van der Waals surface area contributed by atoms with Crippen molar-refractivity contribution in [2.45, 2.75) is 6.54 Å². The van der Waals surface area contributed by atoms with Crippen LogP contribution in [0.2, 0.25) is 0 Å². The Morgan fingerprint density at radius 3 is 2.45 bits per heavy atom. The zero-order valence-electron chi connectivity index (χ0n) is 9.89. The van der Waals surface area contributed by atoms with Gasteiger partial charge >= 0.3 is 5.97 Å². The summed E-state index contributed by atoms with van der Waals surface area (Å²) in [5.41, 5.74) is -0.270. The number of halogens is 2. The van der Waals surface area contributed by atoms with Gasteiger partial charge < -0.3 is 10.4 Å². The van der Waals surface area contributed by atoms with Gasteiger partial charge in [-0.15, -0.1) is 11.3 Å². The number of carbonyl (C=O) groups is 2. The lowest BCUT2D eigenvalue weighted by Gasteiger charge is -2.03. The van der Waals surface area contributed by atoms with Gasteiger partial charge in [-0.3, -0.25) is 4.79 Å². The third-order valence-electron chi connectivity index (χ3n) is 2.30. The molecule has 1 amide bonds. The molecule has 5 nitrogen and oxygen atoms in total. The van der Waals surface area contributed by atoms with Gasteiger partial charge in [-0.25, -0.2) is 18.6 Å². The first-order valence-corrected chi connectivity index (χ1v) is 6.25. The van der Waals surface area contributed by atoms with E-state index < -0.39 is 23.5 Å². The fraction of sp³-hybridized carbons (Fsp3) is 0.0833. The first-order valence-electron chi connectivity index (χ1n) is 5.37. The largest absolute Gasteiger partial charge is 0.476 e. The molecule has 0 atom stereocenters. The van der Waals surface area contributed by atoms with Crippen LogP contribution in [-0.2, 0) is 6.54 Å². The van der Waals surface area contributed by atoms with Crippen LogP contribution in [0.25, 0.3) is 0 Å². The summed E-state index contributed by atoms with van der Waals surface area (Å²) in [5, 5.41) is 12.8. The third-order valence-corrected chi connectivity index (χ3v) is 3.14. The van der Waals surface area contributed by atoms with Gasteiger partial charge in [0.25, 0.3) is 5.91 Å². The van der Waals surface area contributed by atoms with E-state index in [1.807, 2.05) is 0 Å². The van der Waals surface area contributed by atoms with Crippen molar-refractivity contribution in [1.29, 1.82) is 0 Å². The Kier molecular flexibility index (Phi) is 4.04. The van der Waals surface area contributed by atoms with E-state index in [9.17, 15) is 18.4 Å². The summed E-state index contributed by atoms with van der Waals surface area (Å²) in [6.45, 7) is -0.0189. The molecule has 20 heavy (non-hydrogen) atoms. The number of benzene rings is 1. The molecule has 0 radical (unpaired) electrons. The van der Waals surface area contributed by atoms with Crippen LogP contribution in [0.3, 0.4) is 0 Å². The van der Waals surface area contributed by atoms with E-state index in [1.165, 1.54) is 5.38 Å². The van der Waals surface area contributed by atoms with Crippen LogP contribution in [0.1, 0.15) is 25.9 Å². The third kappa shape index (κ3) is 3.35. The Morgan fingerprint density at radius 1 is 1.25 bits per heavy atom. The summed E-state index contributed by atoms with van der Waals surface area (Å²) in [5.74, 6) is -3.53. The summed E-state index contributed by atoms with van der Waals surface area (Å²) in [4.78, 5) is 26.1. The molecule has 0 aliphatic carbocycles. The molecule has 104 valence electrons. The predicted molar refractivity (Wildman–Crippen MR) is 66.6 cm³/mol. The molecule has 0 bridgehead atoms. The van der Waals surface area contributed by atoms with E-state index in [-0.39, 0.29) is 17.8 Å². The summed E-state index contributed by atoms with van der Waals surface area (Å²) < 4.78 is 25.9. The van der Waals surface area contributed by atoms with E-state index in [0.29, 0.717) is 11.1 Å². The predicted octanol–water partition coefficient (Wildman–Crippen LogP) is 2.05. The van der Waals surface area contributed by atoms with Crippen LogP contribution in [-0.4, -0.2) is 22.0 Å². The molecule has 0 aliphatic rings. The first kappa shape index (κ1) is 14.1. The van der Waals surface area contributed by atoms with E-state index in [2.05, 4.69) is 10.3 Å². The monoisotopic (exact) mass is 298 g/mol. The van der Waals surface area contributed by atoms with Crippen molar-refractivity contribution in [2.24, 2.45) is 0 Å². The van der Waals surface area contributed by atoms with Crippen LogP contribution in [0.4, 0.5) is 8.78 Å². The molecule has 0 saturated carbocycles. The number of aromatic nitrogens is 1. The van der Waals surface area contributed by atoms with Crippen molar-refractivity contribution in [1.82, 2.24) is 10.3 Å². The standard InChI is InChI=1S/C12H8F2N2O3S/c13-7-1-6(2-8(14)3-7)11(17)15-4-10-16-9(5-20-10)12(18)19/h1-3,5H,4H2,(H,15,17)(H,18,19). The summed E-state index contributed by atoms with van der Waals surface area (Å²) in [6.07, 6.45) is 0. The van der Waals surface area contributed by atoms with E-state index in [1.54, 1.807) is 0 Å². The average molecular weight is 298 g/mol. The molecule has 2 N–H and O–H groups in total. The number of carboxylic acids is 1. The molecule has 8 heteroatoms. The number of thiazole rings is 1. The van der Waals surface area contributed by atoms with Crippen molar-refractivity contribution >= 4 is 23.2 Å². The molecule has 0 spiro atoms. The maximum Gasteiger partial charge on any atom is 0.355 e. The molecule has 0 unspecified atom stereocenters. The fourth-order valence-electron chi connectivity index (χ4n) is 1.43. The number of amides is 1. The van der Waals surface area contributed by atoms with Crippen LogP contribution in [0, 0.1) is 11.6 Å². The van der Waals surface area contributed by atoms with Crippen LogP contribution in [0.5, 0.6) is 0 Å². The lowest BCUT2D eigenvalue weighted by molar-refractivity contribution is 0.0691. The molecular weight excluding hydrogens is 290 g/mol. The van der Waals surface area contributed by atoms with Crippen molar-refractivity contribution in [3.63, 3.8) is 0 Å². The van der Waals surface area contributed by atoms with Crippen molar-refractivity contribution < 1.29 is 23.5 Å². The van der Waals surface area contributed by atoms with Gasteiger partial charge in [0.2, 0.25) is 0 Å². The zero-order chi connectivity index (χ0) is 14.7. The average Bonchev–Trinajstić information content (AvgIpc) is 2.83. The maximum absolute atomic E-state index is 12.9. The van der Waals surface area contributed by atoms with Crippen molar-refractivity contribution in [3.05, 3.63) is 51.5 Å². The lowest BCUT2D eigenvalue weighted by atomic mass is 10.2. The topological polar surface area (TPSA) is 79.3 Å². The number of hydrogen-bond donors (Lipinski definition) is 2. The summed E-state index contributed by atoms with van der Waals surface area (Å²) in [7, 11) is 0. The van der Waals surface area contributed by atoms with Gasteiger partial charge in [0, 0.05) is 17.0 Å². The highest BCUT2D eigenvalue weighted by Gasteiger charge is 2.12. The molecule has 0 saturated heterocycles. The Hall–Kier alpha value is -2.35. The number of nitrogens with one attached hydrogen (secondary N) is 1. The highest BCUT2D eigenvalue weighted by Crippen LogP contribution is 2.11. The van der Waals surface area contributed by atoms with Gasteiger partial charge in [0.05, 0.1) is 6.54 Å². The van der Waals surface area contributed by atoms with Crippen molar-refractivity contribution in [3.8, 4) is 0 Å². The Labute approximate surface area is 115 Å². The Bertz CT molecular complexity index is 652. The molecular formula is C12H8F2N2O3S. The van der Waals surface area contributed by atoms with Gasteiger partial charge in [0.15, 0.2) is 5.69 Å². The lowest BCUT2D eigenvalue weighted by Crippen LogP contribution is -2.23. The minimum atomic E-state index is -1.16. The summed E-state index contributed by atoms with van der Waals surface area (Å²) >= 11 is 1.07. The first-order chi connectivity index (χ1) is 9.45. The Morgan fingerprint density at radius 2 is 1.90 bits per heavy atom. The van der Waals surface area contributed by atoms with Crippen LogP contribution < -0.4 is 5.32 Å². The molecule has 1 heterocycles. The maximum atomic E-state index is 12.9. The van der Waals surface area contributed by atoms with Crippen LogP contribution >= 0.6 is 11.3 Å². The van der Waals surface area contributed by atoms with E-state index >= 15 is 0 Å². The minimum absolute atomic E-state index is 0.0189. The number of hydrogen-bond acceptors (Lipinski definition) is 4. The SMILES string of the molecule is O=C(NCc1nc(C(=O)O)cs1)c1cc(F)cc(F)c1. The smallest absolute Gasteiger partial charge is 0.355 e. The number of carboxylic acid groups (broad SMARTS) is 1. The van der Waals surface area contributed by atoms with Gasteiger partial charge in [-0.1, -0.05) is 0 Å². The normalized spacial score (nSPS) is 10.3. The fourth-order valence-corrected chi connectivity index (χ4v) is 2.14. The van der Waals surface area contributed by atoms with Gasteiger partial charge in [-0.05, 0) is 12.1 Å². The second-order valence-corrected chi connectivity index (χ2v) is 4.72. The zero-order valence-corrected chi connectivity index (χ0v) is 10.7. The van der Waals surface area contributed by atoms with Crippen LogP contribution in [0.15, 0.2) is 23.6 Å². The molecule has 2 rings (SSSR count). The molecule has 2 aromatic rings. The van der Waals surface area contributed by atoms with Gasteiger partial charge in [0.1, 0.15) is 16.6 Å². The van der Waals surface area contributed by atoms with E-state index in [0.717, 1.165) is 23.5 Å². The Balaban J connectivity index is 2.02. The summed E-state index contributed by atoms with van der Waals surface area (Å²) in [6, 6.07) is 2.47. The number of carbonyl (C=O) groups excluding carboxylic acids is 1. The molecule has 1 aromatic heterocycles. The molecule has 1 aromatic carbocycles. The quantitative estimate of drug-likeness (QED) is 0.905.